The number of ether oxygens (including phenoxy) is 1. The molecular weight excluding hydrogens is 428 g/mol. The Kier molecular flexibility index (Phi) is 6.40. The molecule has 0 spiro atoms. The van der Waals surface area contributed by atoms with Crippen molar-refractivity contribution in [1.82, 2.24) is 15.0 Å². The van der Waals surface area contributed by atoms with Crippen molar-refractivity contribution in [2.45, 2.75) is 19.3 Å². The van der Waals surface area contributed by atoms with Gasteiger partial charge >= 0.3 is 6.36 Å². The van der Waals surface area contributed by atoms with Gasteiger partial charge in [-0.25, -0.2) is 4.39 Å². The number of azo groups is 1. The fraction of sp³-hybridized carbons (Fsp3) is 0.167. The van der Waals surface area contributed by atoms with Crippen molar-refractivity contribution in [2.75, 3.05) is 5.73 Å². The summed E-state index contributed by atoms with van der Waals surface area (Å²) in [5.41, 5.74) is 6.42. The van der Waals surface area contributed by atoms with Crippen LogP contribution in [-0.2, 0) is 13.0 Å². The summed E-state index contributed by atoms with van der Waals surface area (Å²) in [4.78, 5) is 11.8. The number of halogens is 5. The molecule has 0 aliphatic carbocycles. The molecule has 0 bridgehead atoms. The highest BCUT2D eigenvalue weighted by atomic mass is 35.5. The van der Waals surface area contributed by atoms with Crippen molar-refractivity contribution in [3.05, 3.63) is 70.3 Å². The smallest absolute Gasteiger partial charge is 0.406 e. The topological polar surface area (TPSA) is 98.6 Å². The Hall–Kier alpha value is -3.34. The lowest BCUT2D eigenvalue weighted by atomic mass is 10.1. The van der Waals surface area contributed by atoms with E-state index >= 15 is 0 Å². The number of nitrogens with zero attached hydrogens (tertiary/aromatic N) is 5. The molecule has 1 aromatic heterocycles. The molecule has 0 fully saturated rings. The molecule has 0 aliphatic heterocycles. The van der Waals surface area contributed by atoms with Crippen LogP contribution in [0.25, 0.3) is 0 Å². The lowest BCUT2D eigenvalue weighted by Gasteiger charge is -2.08. The van der Waals surface area contributed by atoms with Crippen LogP contribution in [0.5, 0.6) is 5.75 Å². The van der Waals surface area contributed by atoms with Crippen molar-refractivity contribution in [3.63, 3.8) is 0 Å². The van der Waals surface area contributed by atoms with E-state index in [1.165, 1.54) is 30.3 Å². The third kappa shape index (κ3) is 6.08. The van der Waals surface area contributed by atoms with Crippen molar-refractivity contribution in [1.29, 1.82) is 0 Å². The van der Waals surface area contributed by atoms with Gasteiger partial charge in [0.05, 0.1) is 6.54 Å². The Morgan fingerprint density at radius 3 is 2.43 bits per heavy atom. The molecular formula is C18H13ClF4N6O. The first-order chi connectivity index (χ1) is 14.2. The number of rotatable bonds is 6. The maximum Gasteiger partial charge on any atom is 0.573 e. The highest BCUT2D eigenvalue weighted by Crippen LogP contribution is 2.24. The van der Waals surface area contributed by atoms with Crippen LogP contribution in [0.2, 0.25) is 5.02 Å². The molecule has 12 heteroatoms. The van der Waals surface area contributed by atoms with Crippen molar-refractivity contribution < 1.29 is 22.3 Å². The summed E-state index contributed by atoms with van der Waals surface area (Å²) in [6.07, 6.45) is -4.79. The van der Waals surface area contributed by atoms with Gasteiger partial charge in [-0.3, -0.25) is 0 Å². The van der Waals surface area contributed by atoms with Crippen LogP contribution in [0, 0.1) is 5.82 Å². The van der Waals surface area contributed by atoms with Crippen LogP contribution >= 0.6 is 11.6 Å². The molecule has 30 heavy (non-hydrogen) atoms. The summed E-state index contributed by atoms with van der Waals surface area (Å²) in [6, 6.07) is 9.42. The Morgan fingerprint density at radius 2 is 1.77 bits per heavy atom. The van der Waals surface area contributed by atoms with E-state index in [-0.39, 0.29) is 47.0 Å². The average Bonchev–Trinajstić information content (AvgIpc) is 2.65. The van der Waals surface area contributed by atoms with Gasteiger partial charge in [-0.1, -0.05) is 29.8 Å². The summed E-state index contributed by atoms with van der Waals surface area (Å²) in [7, 11) is 0. The molecule has 0 amide bonds. The van der Waals surface area contributed by atoms with Crippen LogP contribution in [0.1, 0.15) is 17.0 Å². The third-order valence-electron chi connectivity index (χ3n) is 3.65. The van der Waals surface area contributed by atoms with Crippen LogP contribution in [0.15, 0.2) is 52.7 Å². The van der Waals surface area contributed by atoms with E-state index in [9.17, 15) is 17.6 Å². The normalized spacial score (nSPS) is 11.8. The van der Waals surface area contributed by atoms with Crippen LogP contribution in [0.4, 0.5) is 29.5 Å². The van der Waals surface area contributed by atoms with E-state index in [0.717, 1.165) is 12.1 Å². The fourth-order valence-electron chi connectivity index (χ4n) is 2.39. The van der Waals surface area contributed by atoms with Crippen molar-refractivity contribution in [3.8, 4) is 5.75 Å². The lowest BCUT2D eigenvalue weighted by molar-refractivity contribution is -0.274. The Balaban J connectivity index is 1.69. The number of anilines is 1. The third-order valence-corrected chi connectivity index (χ3v) is 4.01. The van der Waals surface area contributed by atoms with Crippen LogP contribution in [0.3, 0.4) is 0 Å². The average molecular weight is 441 g/mol. The molecule has 0 atom stereocenters. The number of hydrogen-bond acceptors (Lipinski definition) is 7. The number of benzene rings is 2. The number of nitrogen functional groups attached to an aromatic ring is 1. The molecule has 0 saturated carbocycles. The minimum absolute atomic E-state index is 0.0264. The van der Waals surface area contributed by atoms with Crippen molar-refractivity contribution >= 4 is 23.5 Å². The van der Waals surface area contributed by atoms with E-state index < -0.39 is 12.2 Å². The summed E-state index contributed by atoms with van der Waals surface area (Å²) in [5.74, 6) is -0.929. The van der Waals surface area contributed by atoms with Gasteiger partial charge in [-0.05, 0) is 29.8 Å². The zero-order valence-corrected chi connectivity index (χ0v) is 15.8. The minimum atomic E-state index is -4.76. The molecule has 0 unspecified atom stereocenters. The first kappa shape index (κ1) is 21.4. The second kappa shape index (κ2) is 8.99. The Labute approximate surface area is 172 Å². The van der Waals surface area contributed by atoms with Gasteiger partial charge in [0.1, 0.15) is 17.4 Å². The van der Waals surface area contributed by atoms with E-state index in [2.05, 4.69) is 29.9 Å². The SMILES string of the molecule is Nc1nc(Cc2c(F)cccc2Cl)nc(N=NCc2ccc(OC(F)(F)F)cc2)n1. The first-order valence-electron chi connectivity index (χ1n) is 8.35. The van der Waals surface area contributed by atoms with E-state index in [1.54, 1.807) is 0 Å². The number of alkyl halides is 3. The van der Waals surface area contributed by atoms with Gasteiger partial charge in [0, 0.05) is 17.0 Å². The van der Waals surface area contributed by atoms with Crippen molar-refractivity contribution in [2.24, 2.45) is 10.2 Å². The molecule has 2 N–H and O–H groups in total. The summed E-state index contributed by atoms with van der Waals surface area (Å²) in [6.45, 7) is 0.0480. The molecule has 3 rings (SSSR count). The summed E-state index contributed by atoms with van der Waals surface area (Å²) < 4.78 is 54.2. The van der Waals surface area contributed by atoms with Gasteiger partial charge in [0.15, 0.2) is 0 Å². The monoisotopic (exact) mass is 440 g/mol. The number of nitrogens with two attached hydrogens (primary N) is 1. The Morgan fingerprint density at radius 1 is 1.03 bits per heavy atom. The van der Waals surface area contributed by atoms with Gasteiger partial charge < -0.3 is 10.5 Å². The molecule has 0 radical (unpaired) electrons. The van der Waals surface area contributed by atoms with Gasteiger partial charge in [0.2, 0.25) is 5.95 Å². The van der Waals surface area contributed by atoms with E-state index in [0.29, 0.717) is 5.56 Å². The quantitative estimate of drug-likeness (QED) is 0.428. The van der Waals surface area contributed by atoms with Gasteiger partial charge in [0.25, 0.3) is 5.95 Å². The molecule has 156 valence electrons. The molecule has 2 aromatic carbocycles. The lowest BCUT2D eigenvalue weighted by Crippen LogP contribution is -2.16. The van der Waals surface area contributed by atoms with Crippen LogP contribution < -0.4 is 10.5 Å². The summed E-state index contributed by atoms with van der Waals surface area (Å²) >= 11 is 6.00. The highest BCUT2D eigenvalue weighted by molar-refractivity contribution is 6.31. The Bertz CT molecular complexity index is 1040. The zero-order valence-electron chi connectivity index (χ0n) is 15.1. The molecule has 7 nitrogen and oxygen atoms in total. The number of aromatic nitrogens is 3. The second-order valence-corrected chi connectivity index (χ2v) is 6.29. The molecule has 1 heterocycles. The summed E-state index contributed by atoms with van der Waals surface area (Å²) in [5, 5.41) is 7.95. The molecule has 0 aliphatic rings. The van der Waals surface area contributed by atoms with Crippen LogP contribution in [-0.4, -0.2) is 21.3 Å². The molecule has 0 saturated heterocycles. The standard InChI is InChI=1S/C18H13ClF4N6O/c19-13-2-1-3-14(20)12(13)8-15-26-16(24)28-17(27-15)29-25-9-10-4-6-11(7-5-10)30-18(21,22)23/h1-7H,8-9H2,(H2,24,26,27,28). The fourth-order valence-corrected chi connectivity index (χ4v) is 2.61. The predicted octanol–water partition coefficient (Wildman–Crippen LogP) is 5.02. The maximum atomic E-state index is 13.9. The maximum absolute atomic E-state index is 13.9. The zero-order chi connectivity index (χ0) is 21.7. The number of hydrogen-bond donors (Lipinski definition) is 1. The minimum Gasteiger partial charge on any atom is -0.406 e. The van der Waals surface area contributed by atoms with E-state index in [4.69, 9.17) is 17.3 Å². The predicted molar refractivity (Wildman–Crippen MR) is 99.8 cm³/mol. The first-order valence-corrected chi connectivity index (χ1v) is 8.73. The highest BCUT2D eigenvalue weighted by Gasteiger charge is 2.30. The van der Waals surface area contributed by atoms with Gasteiger partial charge in [-0.2, -0.15) is 20.1 Å². The molecule has 3 aromatic rings. The van der Waals surface area contributed by atoms with Gasteiger partial charge in [-0.15, -0.1) is 18.3 Å². The van der Waals surface area contributed by atoms with E-state index in [1.807, 2.05) is 0 Å². The largest absolute Gasteiger partial charge is 0.573 e. The second-order valence-electron chi connectivity index (χ2n) is 5.88.